The number of benzene rings is 1. The van der Waals surface area contributed by atoms with Gasteiger partial charge in [-0.3, -0.25) is 4.79 Å². The fourth-order valence-corrected chi connectivity index (χ4v) is 2.08. The Balaban J connectivity index is 1.82. The third-order valence-electron chi connectivity index (χ3n) is 3.14. The number of hydrogen-bond donors (Lipinski definition) is 1. The highest BCUT2D eigenvalue weighted by Crippen LogP contribution is 2.13. The molecule has 1 aromatic rings. The van der Waals surface area contributed by atoms with Crippen LogP contribution in [0.15, 0.2) is 24.3 Å². The molecule has 91 valence electrons. The molecule has 1 radical (unpaired) electrons. The number of likely N-dealkylation sites (tertiary alicyclic amines) is 1. The normalized spacial score (nSPS) is 16.9. The van der Waals surface area contributed by atoms with Gasteiger partial charge >= 0.3 is 0 Å². The van der Waals surface area contributed by atoms with Crippen molar-refractivity contribution in [1.29, 1.82) is 0 Å². The van der Waals surface area contributed by atoms with Gasteiger partial charge < -0.3 is 10.0 Å². The van der Waals surface area contributed by atoms with Gasteiger partial charge in [-0.25, -0.2) is 0 Å². The standard InChI is InChI=1S/C14H18NO2/c16-13-6-4-12(5-7-13)14(17)8-11-15-9-2-1-3-10-15/h1,4-7,16H,2-3,8-11H2. The molecule has 2 rings (SSSR count). The molecule has 0 aliphatic carbocycles. The Morgan fingerprint density at radius 3 is 2.47 bits per heavy atom. The molecule has 1 aliphatic rings. The number of phenols is 1. The van der Waals surface area contributed by atoms with Crippen LogP contribution in [0.3, 0.4) is 0 Å². The molecular formula is C14H18NO2. The summed E-state index contributed by atoms with van der Waals surface area (Å²) in [5.41, 5.74) is 0.686. The van der Waals surface area contributed by atoms with Crippen LogP contribution < -0.4 is 0 Å². The first-order valence-electron chi connectivity index (χ1n) is 6.12. The van der Waals surface area contributed by atoms with E-state index in [0.29, 0.717) is 12.0 Å². The molecule has 1 aromatic carbocycles. The number of carbonyl (C=O) groups excluding carboxylic acids is 1. The average molecular weight is 232 g/mol. The zero-order valence-corrected chi connectivity index (χ0v) is 9.93. The van der Waals surface area contributed by atoms with Gasteiger partial charge in [-0.1, -0.05) is 0 Å². The Kier molecular flexibility index (Phi) is 4.15. The van der Waals surface area contributed by atoms with Crippen LogP contribution in [0.2, 0.25) is 0 Å². The molecule has 1 N–H and O–H groups in total. The van der Waals surface area contributed by atoms with Crippen molar-refractivity contribution in [1.82, 2.24) is 4.90 Å². The number of phenolic OH excluding ortho intramolecular Hbond substituents is 1. The van der Waals surface area contributed by atoms with Gasteiger partial charge in [0.05, 0.1) is 0 Å². The predicted molar refractivity (Wildman–Crippen MR) is 67.0 cm³/mol. The zero-order chi connectivity index (χ0) is 12.1. The molecule has 0 bridgehead atoms. The quantitative estimate of drug-likeness (QED) is 0.809. The number of aromatic hydroxyl groups is 1. The molecule has 0 spiro atoms. The molecule has 3 nitrogen and oxygen atoms in total. The molecule has 0 aromatic heterocycles. The number of piperidine rings is 1. The third-order valence-corrected chi connectivity index (χ3v) is 3.14. The van der Waals surface area contributed by atoms with Crippen molar-refractivity contribution >= 4 is 5.78 Å². The van der Waals surface area contributed by atoms with E-state index >= 15 is 0 Å². The summed E-state index contributed by atoms with van der Waals surface area (Å²) >= 11 is 0. The van der Waals surface area contributed by atoms with E-state index in [2.05, 4.69) is 11.3 Å². The summed E-state index contributed by atoms with van der Waals surface area (Å²) in [5, 5.41) is 9.15. The second-order valence-electron chi connectivity index (χ2n) is 4.43. The Morgan fingerprint density at radius 2 is 1.82 bits per heavy atom. The predicted octanol–water partition coefficient (Wildman–Crippen LogP) is 2.27. The number of Topliss-reactive ketones (excluding diaryl/α,β-unsaturated/α-hetero) is 1. The lowest BCUT2D eigenvalue weighted by Gasteiger charge is -2.25. The van der Waals surface area contributed by atoms with Crippen molar-refractivity contribution < 1.29 is 9.90 Å². The first-order valence-corrected chi connectivity index (χ1v) is 6.12. The van der Waals surface area contributed by atoms with Gasteiger partial charge in [0, 0.05) is 18.5 Å². The third kappa shape index (κ3) is 3.56. The van der Waals surface area contributed by atoms with Crippen LogP contribution in [0.25, 0.3) is 0 Å². The second kappa shape index (κ2) is 5.82. The number of carbonyl (C=O) groups is 1. The molecule has 1 heterocycles. The number of hydrogen-bond acceptors (Lipinski definition) is 3. The Hall–Kier alpha value is -1.35. The van der Waals surface area contributed by atoms with Crippen LogP contribution in [0.5, 0.6) is 5.75 Å². The summed E-state index contributed by atoms with van der Waals surface area (Å²) in [7, 11) is 0. The first-order chi connectivity index (χ1) is 8.25. The average Bonchev–Trinajstić information content (AvgIpc) is 2.38. The van der Waals surface area contributed by atoms with E-state index in [1.807, 2.05) is 0 Å². The Bertz CT molecular complexity index is 366. The van der Waals surface area contributed by atoms with Gasteiger partial charge in [0.15, 0.2) is 5.78 Å². The second-order valence-corrected chi connectivity index (χ2v) is 4.43. The monoisotopic (exact) mass is 232 g/mol. The maximum atomic E-state index is 11.9. The topological polar surface area (TPSA) is 40.5 Å². The lowest BCUT2D eigenvalue weighted by molar-refractivity contribution is 0.0962. The molecule has 3 heteroatoms. The highest BCUT2D eigenvalue weighted by atomic mass is 16.3. The van der Waals surface area contributed by atoms with E-state index in [9.17, 15) is 4.79 Å². The number of ketones is 1. The molecule has 0 amide bonds. The SMILES string of the molecule is O=C(CCN1CC[CH]CC1)c1ccc(O)cc1. The number of rotatable bonds is 4. The smallest absolute Gasteiger partial charge is 0.164 e. The van der Waals surface area contributed by atoms with E-state index < -0.39 is 0 Å². The lowest BCUT2D eigenvalue weighted by atomic mass is 10.1. The van der Waals surface area contributed by atoms with Crippen molar-refractivity contribution in [3.05, 3.63) is 36.2 Å². The van der Waals surface area contributed by atoms with E-state index in [0.717, 1.165) is 32.5 Å². The van der Waals surface area contributed by atoms with E-state index in [-0.39, 0.29) is 11.5 Å². The molecule has 0 saturated carbocycles. The van der Waals surface area contributed by atoms with Crippen LogP contribution in [-0.2, 0) is 0 Å². The summed E-state index contributed by atoms with van der Waals surface area (Å²) in [6.07, 6.45) is 5.13. The highest BCUT2D eigenvalue weighted by Gasteiger charge is 2.12. The molecule has 0 unspecified atom stereocenters. The van der Waals surface area contributed by atoms with Crippen molar-refractivity contribution in [3.63, 3.8) is 0 Å². The Morgan fingerprint density at radius 1 is 1.18 bits per heavy atom. The lowest BCUT2D eigenvalue weighted by Crippen LogP contribution is -2.31. The summed E-state index contributed by atoms with van der Waals surface area (Å²) in [4.78, 5) is 14.2. The highest BCUT2D eigenvalue weighted by molar-refractivity contribution is 5.96. The first kappa shape index (κ1) is 12.1. The molecule has 1 aliphatic heterocycles. The molecule has 1 fully saturated rings. The number of nitrogens with zero attached hydrogens (tertiary/aromatic N) is 1. The van der Waals surface area contributed by atoms with Crippen molar-refractivity contribution in [2.24, 2.45) is 0 Å². The molecule has 0 atom stereocenters. The van der Waals surface area contributed by atoms with Crippen LogP contribution in [0.1, 0.15) is 29.6 Å². The Labute approximate surface area is 102 Å². The summed E-state index contributed by atoms with van der Waals surface area (Å²) in [5.74, 6) is 0.354. The van der Waals surface area contributed by atoms with E-state index in [1.54, 1.807) is 24.3 Å². The van der Waals surface area contributed by atoms with E-state index in [1.165, 1.54) is 0 Å². The fourth-order valence-electron chi connectivity index (χ4n) is 2.08. The summed E-state index contributed by atoms with van der Waals surface area (Å²) in [6.45, 7) is 2.99. The minimum Gasteiger partial charge on any atom is -0.508 e. The maximum Gasteiger partial charge on any atom is 0.164 e. The van der Waals surface area contributed by atoms with Gasteiger partial charge in [0.1, 0.15) is 5.75 Å². The van der Waals surface area contributed by atoms with Gasteiger partial charge in [-0.2, -0.15) is 0 Å². The van der Waals surface area contributed by atoms with E-state index in [4.69, 9.17) is 5.11 Å². The summed E-state index contributed by atoms with van der Waals surface area (Å²) in [6, 6.07) is 6.48. The van der Waals surface area contributed by atoms with Crippen molar-refractivity contribution in [3.8, 4) is 5.75 Å². The molecular weight excluding hydrogens is 214 g/mol. The van der Waals surface area contributed by atoms with Crippen LogP contribution in [0.4, 0.5) is 0 Å². The fraction of sp³-hybridized carbons (Fsp3) is 0.429. The summed E-state index contributed by atoms with van der Waals surface area (Å²) < 4.78 is 0. The largest absolute Gasteiger partial charge is 0.508 e. The van der Waals surface area contributed by atoms with Crippen LogP contribution >= 0.6 is 0 Å². The van der Waals surface area contributed by atoms with Crippen molar-refractivity contribution in [2.75, 3.05) is 19.6 Å². The zero-order valence-electron chi connectivity index (χ0n) is 9.93. The van der Waals surface area contributed by atoms with Gasteiger partial charge in [0.2, 0.25) is 0 Å². The van der Waals surface area contributed by atoms with Gasteiger partial charge in [0.25, 0.3) is 0 Å². The van der Waals surface area contributed by atoms with Crippen LogP contribution in [0, 0.1) is 6.42 Å². The van der Waals surface area contributed by atoms with Gasteiger partial charge in [-0.15, -0.1) is 0 Å². The molecule has 1 saturated heterocycles. The molecule has 17 heavy (non-hydrogen) atoms. The van der Waals surface area contributed by atoms with Crippen LogP contribution in [-0.4, -0.2) is 35.4 Å². The van der Waals surface area contributed by atoms with Gasteiger partial charge in [-0.05, 0) is 56.6 Å². The minimum absolute atomic E-state index is 0.152. The minimum atomic E-state index is 0.152. The maximum absolute atomic E-state index is 11.9. The van der Waals surface area contributed by atoms with Crippen molar-refractivity contribution in [2.45, 2.75) is 19.3 Å².